The van der Waals surface area contributed by atoms with Crippen LogP contribution in [-0.4, -0.2) is 25.5 Å². The summed E-state index contributed by atoms with van der Waals surface area (Å²) in [5.74, 6) is -1.16. The molecule has 0 unspecified atom stereocenters. The van der Waals surface area contributed by atoms with Crippen LogP contribution < -0.4 is 4.72 Å². The van der Waals surface area contributed by atoms with Crippen molar-refractivity contribution < 1.29 is 18.3 Å². The van der Waals surface area contributed by atoms with Crippen molar-refractivity contribution in [2.75, 3.05) is 0 Å². The van der Waals surface area contributed by atoms with Gasteiger partial charge in [-0.05, 0) is 23.3 Å². The maximum Gasteiger partial charge on any atom is 0.321 e. The molecule has 1 aromatic rings. The van der Waals surface area contributed by atoms with Crippen LogP contribution >= 0.6 is 11.3 Å². The first kappa shape index (κ1) is 15.1. The zero-order chi connectivity index (χ0) is 14.0. The highest BCUT2D eigenvalue weighted by Crippen LogP contribution is 2.23. The molecule has 0 saturated carbocycles. The lowest BCUT2D eigenvalue weighted by Gasteiger charge is -2.23. The predicted octanol–water partition coefficient (Wildman–Crippen LogP) is 1.92. The molecular weight excluding hydrogens is 274 g/mol. The second-order valence-electron chi connectivity index (χ2n) is 5.21. The Hall–Kier alpha value is -0.920. The molecule has 0 saturated heterocycles. The van der Waals surface area contributed by atoms with Gasteiger partial charge < -0.3 is 5.11 Å². The van der Waals surface area contributed by atoms with Crippen LogP contribution in [0.15, 0.2) is 21.7 Å². The molecule has 0 amide bonds. The summed E-state index contributed by atoms with van der Waals surface area (Å²) < 4.78 is 26.2. The van der Waals surface area contributed by atoms with Crippen LogP contribution in [-0.2, 0) is 14.8 Å². The second kappa shape index (κ2) is 5.38. The van der Waals surface area contributed by atoms with Gasteiger partial charge in [-0.1, -0.05) is 26.8 Å². The largest absolute Gasteiger partial charge is 0.480 e. The fraction of sp³-hybridized carbons (Fsp3) is 0.545. The van der Waals surface area contributed by atoms with Crippen molar-refractivity contribution in [3.63, 3.8) is 0 Å². The van der Waals surface area contributed by atoms with E-state index in [0.717, 1.165) is 11.3 Å². The Kier molecular flexibility index (Phi) is 4.52. The molecule has 0 radical (unpaired) electrons. The van der Waals surface area contributed by atoms with Gasteiger partial charge in [0.05, 0.1) is 0 Å². The van der Waals surface area contributed by atoms with Gasteiger partial charge >= 0.3 is 5.97 Å². The molecule has 5 nitrogen and oxygen atoms in total. The zero-order valence-electron chi connectivity index (χ0n) is 10.5. The van der Waals surface area contributed by atoms with E-state index in [2.05, 4.69) is 4.72 Å². The minimum absolute atomic E-state index is 0.127. The van der Waals surface area contributed by atoms with E-state index >= 15 is 0 Å². The number of nitrogens with one attached hydrogen (secondary N) is 1. The van der Waals surface area contributed by atoms with E-state index in [1.807, 2.05) is 20.8 Å². The number of carboxylic acids is 1. The number of rotatable bonds is 5. The molecule has 102 valence electrons. The topological polar surface area (TPSA) is 83.5 Å². The quantitative estimate of drug-likeness (QED) is 0.868. The number of thiophene rings is 1. The molecule has 1 aromatic heterocycles. The fourth-order valence-corrected chi connectivity index (χ4v) is 3.65. The smallest absolute Gasteiger partial charge is 0.321 e. The monoisotopic (exact) mass is 291 g/mol. The van der Waals surface area contributed by atoms with E-state index in [0.29, 0.717) is 0 Å². The number of hydrogen-bond donors (Lipinski definition) is 2. The van der Waals surface area contributed by atoms with E-state index in [1.54, 1.807) is 11.4 Å². The summed E-state index contributed by atoms with van der Waals surface area (Å²) in [7, 11) is -3.75. The molecule has 0 fully saturated rings. The van der Waals surface area contributed by atoms with Crippen molar-refractivity contribution in [3.05, 3.63) is 17.5 Å². The molecule has 2 N–H and O–H groups in total. The van der Waals surface area contributed by atoms with Crippen molar-refractivity contribution >= 4 is 27.3 Å². The van der Waals surface area contributed by atoms with Crippen LogP contribution in [0.25, 0.3) is 0 Å². The van der Waals surface area contributed by atoms with Gasteiger partial charge in [0.15, 0.2) is 0 Å². The lowest BCUT2D eigenvalue weighted by Crippen LogP contribution is -2.42. The molecule has 0 aromatic carbocycles. The highest BCUT2D eigenvalue weighted by molar-refractivity contribution is 7.91. The van der Waals surface area contributed by atoms with E-state index in [9.17, 15) is 13.2 Å². The molecule has 1 heterocycles. The molecule has 0 spiro atoms. The lowest BCUT2D eigenvalue weighted by molar-refractivity contribution is -0.139. The Bertz CT molecular complexity index is 500. The summed E-state index contributed by atoms with van der Waals surface area (Å²) in [5, 5.41) is 10.7. The summed E-state index contributed by atoms with van der Waals surface area (Å²) in [6.07, 6.45) is 0.229. The van der Waals surface area contributed by atoms with Crippen molar-refractivity contribution in [1.29, 1.82) is 0 Å². The Morgan fingerprint density at radius 2 is 2.11 bits per heavy atom. The lowest BCUT2D eigenvalue weighted by atomic mass is 9.88. The van der Waals surface area contributed by atoms with Gasteiger partial charge in [0.25, 0.3) is 10.0 Å². The Balaban J connectivity index is 2.89. The summed E-state index contributed by atoms with van der Waals surface area (Å²) in [6, 6.07) is 1.94. The number of sulfonamides is 1. The molecular formula is C11H17NO4S2. The van der Waals surface area contributed by atoms with Gasteiger partial charge in [-0.3, -0.25) is 4.79 Å². The number of carboxylic acid groups (broad SMARTS) is 1. The van der Waals surface area contributed by atoms with Crippen LogP contribution in [0.3, 0.4) is 0 Å². The van der Waals surface area contributed by atoms with Crippen LogP contribution in [0.5, 0.6) is 0 Å². The first-order valence-electron chi connectivity index (χ1n) is 5.40. The molecule has 1 rings (SSSR count). The summed E-state index contributed by atoms with van der Waals surface area (Å²) in [6.45, 7) is 5.59. The van der Waals surface area contributed by atoms with Crippen LogP contribution in [0.2, 0.25) is 0 Å². The van der Waals surface area contributed by atoms with Crippen molar-refractivity contribution in [1.82, 2.24) is 4.72 Å². The molecule has 7 heteroatoms. The molecule has 0 aliphatic carbocycles. The Labute approximate surface area is 111 Å². The maximum absolute atomic E-state index is 11.9. The minimum Gasteiger partial charge on any atom is -0.480 e. The average Bonchev–Trinajstić information content (AvgIpc) is 2.66. The molecule has 0 aliphatic rings. The zero-order valence-corrected chi connectivity index (χ0v) is 12.1. The van der Waals surface area contributed by atoms with E-state index in [1.165, 1.54) is 6.07 Å². The highest BCUT2D eigenvalue weighted by atomic mass is 32.2. The Morgan fingerprint density at radius 1 is 1.50 bits per heavy atom. The summed E-state index contributed by atoms with van der Waals surface area (Å²) in [5.41, 5.74) is -0.277. The molecule has 0 bridgehead atoms. The van der Waals surface area contributed by atoms with Gasteiger partial charge in [-0.2, -0.15) is 4.72 Å². The third kappa shape index (κ3) is 4.40. The first-order chi connectivity index (χ1) is 8.12. The second-order valence-corrected chi connectivity index (χ2v) is 8.10. The van der Waals surface area contributed by atoms with Gasteiger partial charge in [0, 0.05) is 0 Å². The van der Waals surface area contributed by atoms with Gasteiger partial charge in [0.2, 0.25) is 0 Å². The first-order valence-corrected chi connectivity index (χ1v) is 7.77. The maximum atomic E-state index is 11.9. The van der Waals surface area contributed by atoms with Crippen molar-refractivity contribution in [2.24, 2.45) is 5.41 Å². The Morgan fingerprint density at radius 3 is 2.50 bits per heavy atom. The van der Waals surface area contributed by atoms with Crippen LogP contribution in [0.4, 0.5) is 0 Å². The third-order valence-corrected chi connectivity index (χ3v) is 5.04. The number of aliphatic carboxylic acids is 1. The normalized spacial score (nSPS) is 14.4. The van der Waals surface area contributed by atoms with E-state index in [4.69, 9.17) is 5.11 Å². The van der Waals surface area contributed by atoms with Gasteiger partial charge in [-0.25, -0.2) is 8.42 Å². The number of hydrogen-bond acceptors (Lipinski definition) is 4. The van der Waals surface area contributed by atoms with Gasteiger partial charge in [-0.15, -0.1) is 11.3 Å². The van der Waals surface area contributed by atoms with Crippen LogP contribution in [0.1, 0.15) is 27.2 Å². The average molecular weight is 291 g/mol. The SMILES string of the molecule is CC(C)(C)C[C@H](NS(=O)(=O)c1cccs1)C(=O)O. The van der Waals surface area contributed by atoms with E-state index < -0.39 is 22.0 Å². The van der Waals surface area contributed by atoms with E-state index in [-0.39, 0.29) is 16.0 Å². The minimum atomic E-state index is -3.75. The molecule has 18 heavy (non-hydrogen) atoms. The standard InChI is InChI=1S/C11H17NO4S2/c1-11(2,3)7-8(10(13)14)12-18(15,16)9-5-4-6-17-9/h4-6,8,12H,7H2,1-3H3,(H,13,14)/t8-/m0/s1. The van der Waals surface area contributed by atoms with Crippen molar-refractivity contribution in [3.8, 4) is 0 Å². The molecule has 1 atom stereocenters. The van der Waals surface area contributed by atoms with Gasteiger partial charge in [0.1, 0.15) is 10.3 Å². The van der Waals surface area contributed by atoms with Crippen LogP contribution in [0, 0.1) is 5.41 Å². The summed E-state index contributed by atoms with van der Waals surface area (Å²) in [4.78, 5) is 11.1. The summed E-state index contributed by atoms with van der Waals surface area (Å²) >= 11 is 1.06. The molecule has 0 aliphatic heterocycles. The highest BCUT2D eigenvalue weighted by Gasteiger charge is 2.29. The fourth-order valence-electron chi connectivity index (χ4n) is 1.45. The van der Waals surface area contributed by atoms with Crippen molar-refractivity contribution in [2.45, 2.75) is 37.4 Å². The third-order valence-electron chi connectivity index (χ3n) is 2.17. The number of carbonyl (C=O) groups is 1. The predicted molar refractivity (Wildman–Crippen MR) is 70.1 cm³/mol.